The highest BCUT2D eigenvalue weighted by molar-refractivity contribution is 5.80. The first-order chi connectivity index (χ1) is 9.69. The molecule has 4 nitrogen and oxygen atoms in total. The zero-order valence-corrected chi connectivity index (χ0v) is 12.5. The molecule has 1 N–H and O–H groups in total. The molecule has 0 spiro atoms. The molecule has 1 heterocycles. The normalized spacial score (nSPS) is 26.1. The molecule has 1 atom stereocenters. The number of methoxy groups -OCH3 is 1. The predicted molar refractivity (Wildman–Crippen MR) is 79.2 cm³/mol. The summed E-state index contributed by atoms with van der Waals surface area (Å²) in [4.78, 5) is 14.7. The Kier molecular flexibility index (Phi) is 5.45. The summed E-state index contributed by atoms with van der Waals surface area (Å²) in [5, 5.41) is 3.17. The summed E-state index contributed by atoms with van der Waals surface area (Å²) >= 11 is 0. The number of nitrogens with zero attached hydrogens (tertiary/aromatic N) is 1. The molecule has 0 aromatic heterocycles. The van der Waals surface area contributed by atoms with E-state index in [0.717, 1.165) is 58.3 Å². The van der Waals surface area contributed by atoms with E-state index >= 15 is 0 Å². The molecular weight excluding hydrogens is 252 g/mol. The molecule has 0 unspecified atom stereocenters. The molecule has 112 valence electrons. The Morgan fingerprint density at radius 2 is 2.20 bits per heavy atom. The van der Waals surface area contributed by atoms with Crippen molar-refractivity contribution in [2.24, 2.45) is 5.92 Å². The van der Waals surface area contributed by atoms with Gasteiger partial charge in [0.2, 0.25) is 5.91 Å². The monoisotopic (exact) mass is 278 g/mol. The van der Waals surface area contributed by atoms with E-state index in [4.69, 9.17) is 11.2 Å². The number of terminal acetylenes is 1. The first-order valence-corrected chi connectivity index (χ1v) is 7.70. The van der Waals surface area contributed by atoms with Crippen molar-refractivity contribution in [2.75, 3.05) is 33.4 Å². The van der Waals surface area contributed by atoms with E-state index in [0.29, 0.717) is 0 Å². The minimum atomic E-state index is -0.380. The standard InChI is InChI=1S/C16H26N2O2/c1-3-16(8-5-4-6-9-16)17-15(19)14-7-10-18(13-14)11-12-20-2/h1,14H,4-13H2,2H3,(H,17,19)/t14-/m0/s1. The van der Waals surface area contributed by atoms with Crippen LogP contribution in [0, 0.1) is 18.3 Å². The summed E-state index contributed by atoms with van der Waals surface area (Å²) in [6.45, 7) is 3.43. The number of ether oxygens (including phenoxy) is 1. The molecule has 20 heavy (non-hydrogen) atoms. The molecule has 0 bridgehead atoms. The van der Waals surface area contributed by atoms with E-state index < -0.39 is 0 Å². The van der Waals surface area contributed by atoms with Crippen LogP contribution >= 0.6 is 0 Å². The van der Waals surface area contributed by atoms with Crippen LogP contribution in [-0.2, 0) is 9.53 Å². The minimum absolute atomic E-state index is 0.0824. The second-order valence-electron chi connectivity index (χ2n) is 6.06. The van der Waals surface area contributed by atoms with Crippen molar-refractivity contribution in [1.29, 1.82) is 0 Å². The zero-order valence-electron chi connectivity index (χ0n) is 12.5. The fourth-order valence-electron chi connectivity index (χ4n) is 3.27. The SMILES string of the molecule is C#CC1(NC(=O)[C@H]2CCN(CCOC)C2)CCCCC1. The van der Waals surface area contributed by atoms with Crippen LogP contribution in [0.3, 0.4) is 0 Å². The van der Waals surface area contributed by atoms with Gasteiger partial charge in [0.05, 0.1) is 12.5 Å². The number of carbonyl (C=O) groups is 1. The molecule has 2 fully saturated rings. The maximum atomic E-state index is 12.4. The molecule has 1 aliphatic heterocycles. The first-order valence-electron chi connectivity index (χ1n) is 7.70. The highest BCUT2D eigenvalue weighted by Gasteiger charge is 2.35. The van der Waals surface area contributed by atoms with Crippen LogP contribution in [0.15, 0.2) is 0 Å². The smallest absolute Gasteiger partial charge is 0.225 e. The molecule has 0 radical (unpaired) electrons. The van der Waals surface area contributed by atoms with Gasteiger partial charge in [-0.1, -0.05) is 25.2 Å². The van der Waals surface area contributed by atoms with Crippen molar-refractivity contribution in [3.05, 3.63) is 0 Å². The number of likely N-dealkylation sites (tertiary alicyclic amines) is 1. The van der Waals surface area contributed by atoms with Crippen LogP contribution < -0.4 is 5.32 Å². The lowest BCUT2D eigenvalue weighted by Gasteiger charge is -2.34. The third kappa shape index (κ3) is 3.74. The molecule has 1 saturated carbocycles. The van der Waals surface area contributed by atoms with Gasteiger partial charge in [0.1, 0.15) is 5.54 Å². The van der Waals surface area contributed by atoms with Gasteiger partial charge < -0.3 is 15.0 Å². The summed E-state index contributed by atoms with van der Waals surface area (Å²) in [7, 11) is 1.71. The maximum Gasteiger partial charge on any atom is 0.225 e. The van der Waals surface area contributed by atoms with E-state index in [1.54, 1.807) is 7.11 Å². The van der Waals surface area contributed by atoms with Crippen LogP contribution in [0.2, 0.25) is 0 Å². The van der Waals surface area contributed by atoms with Crippen molar-refractivity contribution in [3.8, 4) is 12.3 Å². The summed E-state index contributed by atoms with van der Waals surface area (Å²) in [6, 6.07) is 0. The Bertz CT molecular complexity index is 369. The van der Waals surface area contributed by atoms with Gasteiger partial charge in [-0.25, -0.2) is 0 Å². The van der Waals surface area contributed by atoms with Crippen molar-refractivity contribution in [1.82, 2.24) is 10.2 Å². The van der Waals surface area contributed by atoms with Crippen LogP contribution in [-0.4, -0.2) is 49.7 Å². The Morgan fingerprint density at radius 3 is 2.85 bits per heavy atom. The van der Waals surface area contributed by atoms with Gasteiger partial charge in [0.25, 0.3) is 0 Å². The second kappa shape index (κ2) is 7.10. The van der Waals surface area contributed by atoms with Gasteiger partial charge in [-0.15, -0.1) is 6.42 Å². The zero-order chi connectivity index (χ0) is 14.4. The van der Waals surface area contributed by atoms with Crippen molar-refractivity contribution < 1.29 is 9.53 Å². The number of carbonyl (C=O) groups excluding carboxylic acids is 1. The molecule has 1 amide bonds. The Morgan fingerprint density at radius 1 is 1.45 bits per heavy atom. The lowest BCUT2D eigenvalue weighted by molar-refractivity contribution is -0.126. The average molecular weight is 278 g/mol. The number of rotatable bonds is 5. The lowest BCUT2D eigenvalue weighted by atomic mass is 9.82. The van der Waals surface area contributed by atoms with E-state index in [9.17, 15) is 4.79 Å². The number of nitrogens with one attached hydrogen (secondary N) is 1. The highest BCUT2D eigenvalue weighted by atomic mass is 16.5. The highest BCUT2D eigenvalue weighted by Crippen LogP contribution is 2.28. The van der Waals surface area contributed by atoms with Crippen LogP contribution in [0.4, 0.5) is 0 Å². The Balaban J connectivity index is 1.84. The lowest BCUT2D eigenvalue weighted by Crippen LogP contribution is -2.51. The molecular formula is C16H26N2O2. The van der Waals surface area contributed by atoms with Gasteiger partial charge in [0, 0.05) is 20.2 Å². The third-order valence-electron chi connectivity index (χ3n) is 4.60. The average Bonchev–Trinajstić information content (AvgIpc) is 2.95. The van der Waals surface area contributed by atoms with Gasteiger partial charge in [-0.2, -0.15) is 0 Å². The summed E-state index contributed by atoms with van der Waals surface area (Å²) in [5.74, 6) is 3.08. The van der Waals surface area contributed by atoms with Crippen molar-refractivity contribution in [2.45, 2.75) is 44.1 Å². The molecule has 1 saturated heterocycles. The fourth-order valence-corrected chi connectivity index (χ4v) is 3.27. The van der Waals surface area contributed by atoms with Crippen molar-refractivity contribution in [3.63, 3.8) is 0 Å². The second-order valence-corrected chi connectivity index (χ2v) is 6.06. The van der Waals surface area contributed by atoms with Gasteiger partial charge in [-0.05, 0) is 25.8 Å². The summed E-state index contributed by atoms with van der Waals surface area (Å²) < 4.78 is 5.09. The molecule has 0 aromatic carbocycles. The van der Waals surface area contributed by atoms with E-state index in [1.165, 1.54) is 6.42 Å². The topological polar surface area (TPSA) is 41.6 Å². The van der Waals surface area contributed by atoms with Gasteiger partial charge in [-0.3, -0.25) is 4.79 Å². The van der Waals surface area contributed by atoms with Crippen LogP contribution in [0.1, 0.15) is 38.5 Å². The predicted octanol–water partition coefficient (Wildman–Crippen LogP) is 1.41. The molecule has 4 heteroatoms. The molecule has 2 rings (SSSR count). The molecule has 1 aliphatic carbocycles. The maximum absolute atomic E-state index is 12.4. The number of hydrogen-bond acceptors (Lipinski definition) is 3. The summed E-state index contributed by atoms with van der Waals surface area (Å²) in [5.41, 5.74) is -0.380. The molecule has 0 aromatic rings. The van der Waals surface area contributed by atoms with E-state index in [-0.39, 0.29) is 17.4 Å². The van der Waals surface area contributed by atoms with Gasteiger partial charge >= 0.3 is 0 Å². The fraction of sp³-hybridized carbons (Fsp3) is 0.812. The number of amides is 1. The summed E-state index contributed by atoms with van der Waals surface area (Å²) in [6.07, 6.45) is 11.9. The third-order valence-corrected chi connectivity index (χ3v) is 4.60. The van der Waals surface area contributed by atoms with Gasteiger partial charge in [0.15, 0.2) is 0 Å². The van der Waals surface area contributed by atoms with Crippen LogP contribution in [0.25, 0.3) is 0 Å². The molecule has 2 aliphatic rings. The minimum Gasteiger partial charge on any atom is -0.383 e. The van der Waals surface area contributed by atoms with Crippen LogP contribution in [0.5, 0.6) is 0 Å². The van der Waals surface area contributed by atoms with E-state index in [1.807, 2.05) is 0 Å². The quantitative estimate of drug-likeness (QED) is 0.773. The largest absolute Gasteiger partial charge is 0.383 e. The number of hydrogen-bond donors (Lipinski definition) is 1. The Labute approximate surface area is 122 Å². The van der Waals surface area contributed by atoms with E-state index in [2.05, 4.69) is 16.1 Å². The Hall–Kier alpha value is -1.05. The van der Waals surface area contributed by atoms with Crippen molar-refractivity contribution >= 4 is 5.91 Å². The first kappa shape index (κ1) is 15.3.